The van der Waals surface area contributed by atoms with Gasteiger partial charge in [-0.15, -0.1) is 0 Å². The molecule has 0 saturated heterocycles. The summed E-state index contributed by atoms with van der Waals surface area (Å²) in [5.41, 5.74) is -11.4. The molecule has 0 radical (unpaired) electrons. The van der Waals surface area contributed by atoms with Gasteiger partial charge in [-0.3, -0.25) is 9.59 Å². The topological polar surface area (TPSA) is 34.1 Å². The fourth-order valence-corrected chi connectivity index (χ4v) is 8.06. The third-order valence-corrected chi connectivity index (χ3v) is 9.74. The van der Waals surface area contributed by atoms with Crippen molar-refractivity contribution in [3.8, 4) is 0 Å². The molecule has 0 aliphatic heterocycles. The van der Waals surface area contributed by atoms with Gasteiger partial charge in [0.15, 0.2) is 11.6 Å². The minimum atomic E-state index is -5.87. The molecular formula is C25H24F12O2. The molecule has 220 valence electrons. The Labute approximate surface area is 214 Å². The Bertz CT molecular complexity index is 1100. The number of ketones is 2. The van der Waals surface area contributed by atoms with Crippen LogP contribution in [0.25, 0.3) is 0 Å². The first-order valence-electron chi connectivity index (χ1n) is 12.3. The number of Topliss-reactive ketones (excluding diaryl/α,β-unsaturated/α-hetero) is 2. The molecule has 0 bridgehead atoms. The van der Waals surface area contributed by atoms with E-state index >= 15 is 0 Å². The molecule has 14 heteroatoms. The molecule has 4 aliphatic carbocycles. The molecule has 0 aromatic heterocycles. The molecule has 4 aliphatic rings. The standard InChI is InChI=1S/C25H24F12O2/c1-20-6-5-14-11(15(20)8-12(19(20)39)17(22(26,27)28)23(29,30)31)4-3-10-7-16(38)13(9-21(10,14)2)18(24(32,33)34)25(35,36)37/h10-11,14-15H,3-9H2,1-2H3/t10-,11+,14-,15-,20-,21-/m0/s1. The molecule has 2 nitrogen and oxygen atoms in total. The number of carbonyl (C=O) groups excluding carboxylic acids is 2. The zero-order valence-electron chi connectivity index (χ0n) is 20.6. The molecule has 0 aromatic carbocycles. The number of alkyl halides is 12. The van der Waals surface area contributed by atoms with E-state index in [1.807, 2.05) is 0 Å². The fraction of sp³-hybridized carbons (Fsp3) is 0.760. The van der Waals surface area contributed by atoms with E-state index in [2.05, 4.69) is 0 Å². The van der Waals surface area contributed by atoms with Crippen LogP contribution in [-0.4, -0.2) is 36.3 Å². The van der Waals surface area contributed by atoms with Crippen LogP contribution in [-0.2, 0) is 9.59 Å². The summed E-state index contributed by atoms with van der Waals surface area (Å²) < 4.78 is 162. The first-order chi connectivity index (χ1) is 17.4. The summed E-state index contributed by atoms with van der Waals surface area (Å²) in [4.78, 5) is 25.6. The zero-order valence-corrected chi connectivity index (χ0v) is 20.6. The summed E-state index contributed by atoms with van der Waals surface area (Å²) in [6.45, 7) is 2.72. The van der Waals surface area contributed by atoms with Gasteiger partial charge in [0.05, 0.1) is 0 Å². The van der Waals surface area contributed by atoms with Gasteiger partial charge in [0.1, 0.15) is 11.1 Å². The smallest absolute Gasteiger partial charge is 0.295 e. The molecule has 0 heterocycles. The molecule has 0 amide bonds. The second-order valence-corrected chi connectivity index (χ2v) is 11.6. The van der Waals surface area contributed by atoms with Crippen LogP contribution >= 0.6 is 0 Å². The van der Waals surface area contributed by atoms with Crippen molar-refractivity contribution in [2.75, 3.05) is 0 Å². The molecule has 0 N–H and O–H groups in total. The lowest BCUT2D eigenvalue weighted by Crippen LogP contribution is -2.54. The minimum absolute atomic E-state index is 0.00585. The molecule has 4 saturated carbocycles. The Balaban J connectivity index is 1.79. The predicted octanol–water partition coefficient (Wildman–Crippen LogP) is 8.23. The van der Waals surface area contributed by atoms with Crippen LogP contribution in [0, 0.1) is 34.5 Å². The van der Waals surface area contributed by atoms with Gasteiger partial charge < -0.3 is 0 Å². The van der Waals surface area contributed by atoms with Gasteiger partial charge in [-0.25, -0.2) is 0 Å². The maximum absolute atomic E-state index is 13.5. The summed E-state index contributed by atoms with van der Waals surface area (Å²) in [7, 11) is 0. The van der Waals surface area contributed by atoms with Gasteiger partial charge in [0, 0.05) is 23.0 Å². The lowest BCUT2D eigenvalue weighted by Gasteiger charge is -2.59. The van der Waals surface area contributed by atoms with Crippen LogP contribution in [0.15, 0.2) is 22.3 Å². The summed E-state index contributed by atoms with van der Waals surface area (Å²) in [5.74, 6) is -5.60. The highest BCUT2D eigenvalue weighted by Gasteiger charge is 2.65. The Morgan fingerprint density at radius 2 is 1.15 bits per heavy atom. The maximum Gasteiger partial charge on any atom is 0.421 e. The predicted molar refractivity (Wildman–Crippen MR) is 111 cm³/mol. The minimum Gasteiger partial charge on any atom is -0.295 e. The van der Waals surface area contributed by atoms with Crippen LogP contribution in [0.5, 0.6) is 0 Å². The number of allylic oxidation sites excluding steroid dienone is 4. The maximum atomic E-state index is 13.5. The van der Waals surface area contributed by atoms with Gasteiger partial charge in [-0.2, -0.15) is 52.7 Å². The van der Waals surface area contributed by atoms with E-state index in [1.165, 1.54) is 13.8 Å². The van der Waals surface area contributed by atoms with Gasteiger partial charge in [0.25, 0.3) is 0 Å². The highest BCUT2D eigenvalue weighted by atomic mass is 19.4. The quantitative estimate of drug-likeness (QED) is 0.212. The molecule has 39 heavy (non-hydrogen) atoms. The SMILES string of the molecule is C[C@]12CC(=C(C(F)(F)F)C(F)(F)F)C(=O)C[C@@H]1CC[C@@H]1[C@@H]2CC[C@]2(C)C(=O)C(=C(C(F)(F)F)C(F)(F)F)C[C@@H]12. The van der Waals surface area contributed by atoms with Crippen LogP contribution in [0.2, 0.25) is 0 Å². The monoisotopic (exact) mass is 584 g/mol. The molecule has 4 rings (SSSR count). The lowest BCUT2D eigenvalue weighted by molar-refractivity contribution is -0.176. The summed E-state index contributed by atoms with van der Waals surface area (Å²) in [5, 5.41) is 0. The summed E-state index contributed by atoms with van der Waals surface area (Å²) in [6, 6.07) is 0. The Hall–Kier alpha value is -2.02. The summed E-state index contributed by atoms with van der Waals surface area (Å²) >= 11 is 0. The van der Waals surface area contributed by atoms with E-state index in [0.29, 0.717) is 0 Å². The molecule has 4 fully saturated rings. The number of carbonyl (C=O) groups is 2. The van der Waals surface area contributed by atoms with Crippen molar-refractivity contribution in [1.29, 1.82) is 0 Å². The zero-order chi connectivity index (χ0) is 29.7. The van der Waals surface area contributed by atoms with Crippen LogP contribution < -0.4 is 0 Å². The highest BCUT2D eigenvalue weighted by Crippen LogP contribution is 2.67. The first-order valence-corrected chi connectivity index (χ1v) is 12.3. The van der Waals surface area contributed by atoms with Crippen LogP contribution in [0.4, 0.5) is 52.7 Å². The normalized spacial score (nSPS) is 35.9. The van der Waals surface area contributed by atoms with Crippen molar-refractivity contribution in [1.82, 2.24) is 0 Å². The number of rotatable bonds is 0. The Morgan fingerprint density at radius 3 is 1.64 bits per heavy atom. The Kier molecular flexibility index (Phi) is 6.71. The number of hydrogen-bond donors (Lipinski definition) is 0. The second kappa shape index (κ2) is 8.74. The van der Waals surface area contributed by atoms with Gasteiger partial charge in [0.2, 0.25) is 0 Å². The van der Waals surface area contributed by atoms with Crippen molar-refractivity contribution >= 4 is 11.6 Å². The van der Waals surface area contributed by atoms with Crippen molar-refractivity contribution in [3.05, 3.63) is 22.3 Å². The van der Waals surface area contributed by atoms with Crippen molar-refractivity contribution in [3.63, 3.8) is 0 Å². The molecule has 6 atom stereocenters. The lowest BCUT2D eigenvalue weighted by atomic mass is 9.44. The van der Waals surface area contributed by atoms with E-state index < -0.39 is 112 Å². The van der Waals surface area contributed by atoms with E-state index in [4.69, 9.17) is 0 Å². The van der Waals surface area contributed by atoms with Gasteiger partial charge in [-0.05, 0) is 67.6 Å². The van der Waals surface area contributed by atoms with Crippen molar-refractivity contribution in [2.45, 2.75) is 83.5 Å². The van der Waals surface area contributed by atoms with Crippen LogP contribution in [0.1, 0.15) is 58.8 Å². The number of halogens is 12. The van der Waals surface area contributed by atoms with Gasteiger partial charge >= 0.3 is 24.7 Å². The third kappa shape index (κ3) is 4.70. The number of hydrogen-bond acceptors (Lipinski definition) is 2. The molecular weight excluding hydrogens is 560 g/mol. The highest BCUT2D eigenvalue weighted by molar-refractivity contribution is 6.03. The van der Waals surface area contributed by atoms with Crippen molar-refractivity contribution < 1.29 is 62.3 Å². The molecule has 0 aromatic rings. The van der Waals surface area contributed by atoms with Crippen LogP contribution in [0.3, 0.4) is 0 Å². The van der Waals surface area contributed by atoms with E-state index in [9.17, 15) is 62.3 Å². The summed E-state index contributed by atoms with van der Waals surface area (Å²) in [6.07, 6.45) is -25.6. The molecule has 0 unspecified atom stereocenters. The third-order valence-electron chi connectivity index (χ3n) is 9.74. The average molecular weight is 584 g/mol. The van der Waals surface area contributed by atoms with E-state index in [-0.39, 0.29) is 25.7 Å². The second-order valence-electron chi connectivity index (χ2n) is 11.6. The first kappa shape index (κ1) is 30.0. The fourth-order valence-electron chi connectivity index (χ4n) is 8.06. The van der Waals surface area contributed by atoms with E-state index in [0.717, 1.165) is 0 Å². The average Bonchev–Trinajstić information content (AvgIpc) is 2.96. The number of fused-ring (bicyclic) bond motifs is 5. The van der Waals surface area contributed by atoms with E-state index in [1.54, 1.807) is 0 Å². The van der Waals surface area contributed by atoms with Gasteiger partial charge in [-0.1, -0.05) is 13.8 Å². The Morgan fingerprint density at radius 1 is 0.667 bits per heavy atom. The molecule has 0 spiro atoms. The largest absolute Gasteiger partial charge is 0.421 e. The van der Waals surface area contributed by atoms with Crippen molar-refractivity contribution in [2.24, 2.45) is 34.5 Å².